The molecule has 0 aliphatic rings. The highest BCUT2D eigenvalue weighted by Crippen LogP contribution is 2.19. The number of nitrogens with one attached hydrogen (secondary N) is 1. The summed E-state index contributed by atoms with van der Waals surface area (Å²) in [5, 5.41) is 2.55. The molecule has 0 unspecified atom stereocenters. The van der Waals surface area contributed by atoms with Gasteiger partial charge in [-0.1, -0.05) is 17.7 Å². The molecule has 82 valence electrons. The van der Waals surface area contributed by atoms with Gasteiger partial charge in [0.2, 0.25) is 0 Å². The van der Waals surface area contributed by atoms with E-state index in [0.29, 0.717) is 0 Å². The Balaban J connectivity index is 2.76. The van der Waals surface area contributed by atoms with Gasteiger partial charge in [0, 0.05) is 7.05 Å². The van der Waals surface area contributed by atoms with E-state index in [1.807, 2.05) is 32.0 Å². The molecule has 0 saturated carbocycles. The molecule has 3 heteroatoms. The number of carbonyl (C=O) groups is 1. The van der Waals surface area contributed by atoms with Crippen LogP contribution in [-0.4, -0.2) is 19.1 Å². The van der Waals surface area contributed by atoms with Crippen molar-refractivity contribution < 1.29 is 9.53 Å². The first-order valence-electron chi connectivity index (χ1n) is 5.00. The fourth-order valence-corrected chi connectivity index (χ4v) is 1.38. The Morgan fingerprint density at radius 3 is 2.60 bits per heavy atom. The molecule has 0 bridgehead atoms. The fraction of sp³-hybridized carbons (Fsp3) is 0.417. The fourth-order valence-electron chi connectivity index (χ4n) is 1.38. The third-order valence-electron chi connectivity index (χ3n) is 2.25. The Morgan fingerprint density at radius 1 is 1.40 bits per heavy atom. The molecule has 1 aromatic carbocycles. The molecule has 0 aromatic heterocycles. The summed E-state index contributed by atoms with van der Waals surface area (Å²) in [6, 6.07) is 5.90. The van der Waals surface area contributed by atoms with Crippen molar-refractivity contribution in [3.63, 3.8) is 0 Å². The van der Waals surface area contributed by atoms with Gasteiger partial charge >= 0.3 is 0 Å². The van der Waals surface area contributed by atoms with Gasteiger partial charge in [-0.05, 0) is 32.4 Å². The van der Waals surface area contributed by atoms with Crippen LogP contribution in [0.1, 0.15) is 18.1 Å². The molecule has 1 N–H and O–H groups in total. The average molecular weight is 207 g/mol. The van der Waals surface area contributed by atoms with E-state index in [-0.39, 0.29) is 5.91 Å². The Hall–Kier alpha value is -1.51. The number of ether oxygens (including phenoxy) is 1. The van der Waals surface area contributed by atoms with E-state index in [9.17, 15) is 4.79 Å². The second-order valence-electron chi connectivity index (χ2n) is 3.64. The summed E-state index contributed by atoms with van der Waals surface area (Å²) in [5.74, 6) is 0.645. The molecule has 0 fully saturated rings. The summed E-state index contributed by atoms with van der Waals surface area (Å²) >= 11 is 0. The Morgan fingerprint density at radius 2 is 2.07 bits per heavy atom. The summed E-state index contributed by atoms with van der Waals surface area (Å²) in [7, 11) is 1.60. The molecule has 0 saturated heterocycles. The zero-order valence-corrected chi connectivity index (χ0v) is 9.63. The number of hydrogen-bond acceptors (Lipinski definition) is 2. The van der Waals surface area contributed by atoms with E-state index in [4.69, 9.17) is 4.74 Å². The monoisotopic (exact) mass is 207 g/mol. The summed E-state index contributed by atoms with van der Waals surface area (Å²) in [6.45, 7) is 5.73. The lowest BCUT2D eigenvalue weighted by molar-refractivity contribution is -0.126. The summed E-state index contributed by atoms with van der Waals surface area (Å²) < 4.78 is 5.54. The van der Waals surface area contributed by atoms with Crippen molar-refractivity contribution >= 4 is 5.91 Å². The highest BCUT2D eigenvalue weighted by atomic mass is 16.5. The first kappa shape index (κ1) is 11.6. The van der Waals surface area contributed by atoms with Crippen molar-refractivity contribution in [1.82, 2.24) is 5.32 Å². The standard InChI is InChI=1S/C12H17NO2/c1-8-5-6-11(9(2)7-8)15-10(3)12(14)13-4/h5-7,10H,1-4H3,(H,13,14)/t10-/m1/s1. The number of amides is 1. The van der Waals surface area contributed by atoms with Gasteiger partial charge in [0.25, 0.3) is 5.91 Å². The minimum atomic E-state index is -0.462. The Bertz CT molecular complexity index is 361. The summed E-state index contributed by atoms with van der Waals surface area (Å²) in [5.41, 5.74) is 2.23. The first-order valence-corrected chi connectivity index (χ1v) is 5.00. The molecule has 1 atom stereocenters. The van der Waals surface area contributed by atoms with Gasteiger partial charge in [0.05, 0.1) is 0 Å². The SMILES string of the molecule is CNC(=O)[C@@H](C)Oc1ccc(C)cc1C. The average Bonchev–Trinajstić information content (AvgIpc) is 2.20. The van der Waals surface area contributed by atoms with Crippen molar-refractivity contribution in [3.05, 3.63) is 29.3 Å². The van der Waals surface area contributed by atoms with Crippen LogP contribution in [0.25, 0.3) is 0 Å². The van der Waals surface area contributed by atoms with Crippen LogP contribution >= 0.6 is 0 Å². The van der Waals surface area contributed by atoms with Gasteiger partial charge in [-0.15, -0.1) is 0 Å². The number of aryl methyl sites for hydroxylation is 2. The number of carbonyl (C=O) groups excluding carboxylic acids is 1. The minimum absolute atomic E-state index is 0.116. The van der Waals surface area contributed by atoms with Gasteiger partial charge in [0.15, 0.2) is 6.10 Å². The van der Waals surface area contributed by atoms with Gasteiger partial charge in [-0.3, -0.25) is 4.79 Å². The number of rotatable bonds is 3. The molecule has 0 aliphatic carbocycles. The van der Waals surface area contributed by atoms with Crippen LogP contribution < -0.4 is 10.1 Å². The minimum Gasteiger partial charge on any atom is -0.481 e. The van der Waals surface area contributed by atoms with E-state index in [1.165, 1.54) is 5.56 Å². The van der Waals surface area contributed by atoms with E-state index >= 15 is 0 Å². The number of hydrogen-bond donors (Lipinski definition) is 1. The van der Waals surface area contributed by atoms with Crippen molar-refractivity contribution in [2.45, 2.75) is 26.9 Å². The smallest absolute Gasteiger partial charge is 0.260 e. The maximum absolute atomic E-state index is 11.3. The maximum atomic E-state index is 11.3. The molecule has 0 spiro atoms. The largest absolute Gasteiger partial charge is 0.481 e. The number of likely N-dealkylation sites (N-methyl/N-ethyl adjacent to an activating group) is 1. The van der Waals surface area contributed by atoms with Crippen LogP contribution in [-0.2, 0) is 4.79 Å². The molecule has 1 rings (SSSR count). The van der Waals surface area contributed by atoms with Crippen molar-refractivity contribution in [3.8, 4) is 5.75 Å². The summed E-state index contributed by atoms with van der Waals surface area (Å²) in [4.78, 5) is 11.3. The highest BCUT2D eigenvalue weighted by molar-refractivity contribution is 5.80. The van der Waals surface area contributed by atoms with Gasteiger partial charge < -0.3 is 10.1 Å². The van der Waals surface area contributed by atoms with Crippen molar-refractivity contribution in [2.24, 2.45) is 0 Å². The van der Waals surface area contributed by atoms with Crippen LogP contribution in [0.3, 0.4) is 0 Å². The first-order chi connectivity index (χ1) is 7.04. The molecule has 1 aromatic rings. The predicted molar refractivity (Wildman–Crippen MR) is 60.1 cm³/mol. The highest BCUT2D eigenvalue weighted by Gasteiger charge is 2.13. The Labute approximate surface area is 90.4 Å². The lowest BCUT2D eigenvalue weighted by Gasteiger charge is -2.15. The van der Waals surface area contributed by atoms with E-state index < -0.39 is 6.10 Å². The third kappa shape index (κ3) is 2.98. The molecular formula is C12H17NO2. The lowest BCUT2D eigenvalue weighted by Crippen LogP contribution is -2.33. The molecule has 0 heterocycles. The maximum Gasteiger partial charge on any atom is 0.260 e. The van der Waals surface area contributed by atoms with Crippen molar-refractivity contribution in [2.75, 3.05) is 7.05 Å². The van der Waals surface area contributed by atoms with Crippen LogP contribution in [0.15, 0.2) is 18.2 Å². The molecule has 3 nitrogen and oxygen atoms in total. The topological polar surface area (TPSA) is 38.3 Å². The van der Waals surface area contributed by atoms with Crippen LogP contribution in [0, 0.1) is 13.8 Å². The van der Waals surface area contributed by atoms with E-state index in [2.05, 4.69) is 5.32 Å². The Kier molecular flexibility index (Phi) is 3.72. The molecule has 1 amide bonds. The van der Waals surface area contributed by atoms with Gasteiger partial charge in [-0.2, -0.15) is 0 Å². The van der Waals surface area contributed by atoms with Crippen molar-refractivity contribution in [1.29, 1.82) is 0 Å². The molecule has 15 heavy (non-hydrogen) atoms. The van der Waals surface area contributed by atoms with E-state index in [1.54, 1.807) is 14.0 Å². The molecular weight excluding hydrogens is 190 g/mol. The van der Waals surface area contributed by atoms with Crippen LogP contribution in [0.5, 0.6) is 5.75 Å². The third-order valence-corrected chi connectivity index (χ3v) is 2.25. The lowest BCUT2D eigenvalue weighted by atomic mass is 10.1. The van der Waals surface area contributed by atoms with Gasteiger partial charge in [-0.25, -0.2) is 0 Å². The second kappa shape index (κ2) is 4.82. The van der Waals surface area contributed by atoms with Gasteiger partial charge in [0.1, 0.15) is 5.75 Å². The molecule has 0 radical (unpaired) electrons. The zero-order chi connectivity index (χ0) is 11.4. The quantitative estimate of drug-likeness (QED) is 0.821. The normalized spacial score (nSPS) is 12.0. The molecule has 0 aliphatic heterocycles. The summed E-state index contributed by atoms with van der Waals surface area (Å²) in [6.07, 6.45) is -0.462. The number of benzene rings is 1. The predicted octanol–water partition coefficient (Wildman–Crippen LogP) is 1.82. The zero-order valence-electron chi connectivity index (χ0n) is 9.63. The van der Waals surface area contributed by atoms with E-state index in [0.717, 1.165) is 11.3 Å². The van der Waals surface area contributed by atoms with Crippen LogP contribution in [0.4, 0.5) is 0 Å². The van der Waals surface area contributed by atoms with Crippen LogP contribution in [0.2, 0.25) is 0 Å². The second-order valence-corrected chi connectivity index (χ2v) is 3.64.